The number of piperidine rings is 3. The van der Waals surface area contributed by atoms with Crippen LogP contribution >= 0.6 is 0 Å². The predicted octanol–water partition coefficient (Wildman–Crippen LogP) is 3.47. The molecule has 0 radical (unpaired) electrons. The largest absolute Gasteiger partial charge is 0.384 e. The predicted molar refractivity (Wildman–Crippen MR) is 248 cm³/mol. The number of anilines is 1. The number of amides is 4. The summed E-state index contributed by atoms with van der Waals surface area (Å²) in [5.41, 5.74) is 2.71. The third-order valence-electron chi connectivity index (χ3n) is 17.2. The zero-order valence-electron chi connectivity index (χ0n) is 38.2. The van der Waals surface area contributed by atoms with Crippen LogP contribution in [0.25, 0.3) is 16.9 Å². The number of aliphatic hydroxyl groups is 1. The summed E-state index contributed by atoms with van der Waals surface area (Å²) >= 11 is 0. The minimum absolute atomic E-state index is 0.0637. The molecule has 2 unspecified atom stereocenters. The van der Waals surface area contributed by atoms with Gasteiger partial charge in [0.15, 0.2) is 11.5 Å². The minimum Gasteiger partial charge on any atom is -0.384 e. The van der Waals surface area contributed by atoms with Gasteiger partial charge in [0.1, 0.15) is 17.0 Å². The first-order chi connectivity index (χ1) is 32.4. The van der Waals surface area contributed by atoms with Crippen LogP contribution in [0.1, 0.15) is 121 Å². The molecule has 1 aromatic carbocycles. The molecule has 3 saturated carbocycles. The Bertz CT molecular complexity index is 2790. The Balaban J connectivity index is 0.634. The number of pyridine rings is 1. The summed E-state index contributed by atoms with van der Waals surface area (Å²) in [6.45, 7) is 12.5. The summed E-state index contributed by atoms with van der Waals surface area (Å²) in [5, 5.41) is 17.8. The average molecular weight is 910 g/mol. The summed E-state index contributed by atoms with van der Waals surface area (Å²) in [7, 11) is 0. The highest BCUT2D eigenvalue weighted by atomic mass is 16.3. The van der Waals surface area contributed by atoms with Crippen molar-refractivity contribution in [2.75, 3.05) is 44.6 Å². The number of carbonyl (C=O) groups excluding carboxylic acids is 4. The van der Waals surface area contributed by atoms with E-state index in [0.717, 1.165) is 93.8 Å². The number of allylic oxidation sites excluding steroid dienone is 1. The van der Waals surface area contributed by atoms with Gasteiger partial charge in [-0.1, -0.05) is 25.1 Å². The van der Waals surface area contributed by atoms with Crippen LogP contribution in [0, 0.1) is 5.92 Å². The number of nitrogens with one attached hydrogen (secondary N) is 2. The molecule has 3 N–H and O–H groups in total. The van der Waals surface area contributed by atoms with Crippen LogP contribution < -0.4 is 16.2 Å². The highest BCUT2D eigenvalue weighted by Crippen LogP contribution is 2.55. The molecule has 0 spiro atoms. The fraction of sp³-hybridized carbons (Fsp3) is 0.560. The summed E-state index contributed by atoms with van der Waals surface area (Å²) in [6, 6.07) is 10.2. The van der Waals surface area contributed by atoms with Crippen molar-refractivity contribution in [2.45, 2.75) is 132 Å². The fourth-order valence-electron chi connectivity index (χ4n) is 13.3. The van der Waals surface area contributed by atoms with Crippen molar-refractivity contribution in [1.82, 2.24) is 49.2 Å². The number of imide groups is 2. The minimum atomic E-state index is -0.981. The molecule has 8 heterocycles. The molecule has 9 aliphatic rings. The maximum Gasteiger partial charge on any atom is 0.278 e. The highest BCUT2D eigenvalue weighted by molar-refractivity contribution is 6.23. The molecule has 7 fully saturated rings. The fourth-order valence-corrected chi connectivity index (χ4v) is 13.3. The summed E-state index contributed by atoms with van der Waals surface area (Å²) in [4.78, 5) is 88.2. The SMILES string of the molecule is C=CCn1c(=O)c2cnc(NC34CC(C3)C(N3CCC(N5CCC(N6CC(c7ccc8c(c7)C(=O)N(C7CCC(=O)NC7=O)C8=O)C6)CC5)CC3)C4)nc2n1-c1ccc2c(n1)[C@@](O)(CC)CC2. The van der Waals surface area contributed by atoms with E-state index in [1.165, 1.54) is 12.8 Å². The van der Waals surface area contributed by atoms with Crippen LogP contribution in [-0.4, -0.2) is 142 Å². The van der Waals surface area contributed by atoms with Crippen LogP contribution in [0.4, 0.5) is 5.95 Å². The van der Waals surface area contributed by atoms with Crippen LogP contribution in [0.2, 0.25) is 0 Å². The number of carbonyl (C=O) groups is 4. The van der Waals surface area contributed by atoms with Gasteiger partial charge < -0.3 is 15.3 Å². The second-order valence-corrected chi connectivity index (χ2v) is 20.8. The molecule has 350 valence electrons. The van der Waals surface area contributed by atoms with Gasteiger partial charge in [-0.05, 0) is 132 Å². The first-order valence-corrected chi connectivity index (χ1v) is 24.6. The van der Waals surface area contributed by atoms with E-state index in [1.54, 1.807) is 27.7 Å². The van der Waals surface area contributed by atoms with Crippen LogP contribution in [0.5, 0.6) is 0 Å². The molecule has 67 heavy (non-hydrogen) atoms. The van der Waals surface area contributed by atoms with Gasteiger partial charge >= 0.3 is 0 Å². The van der Waals surface area contributed by atoms with E-state index in [2.05, 4.69) is 36.9 Å². The number of hydrogen-bond donors (Lipinski definition) is 3. The third-order valence-corrected chi connectivity index (χ3v) is 17.2. The molecule has 3 atom stereocenters. The van der Waals surface area contributed by atoms with Crippen LogP contribution in [-0.2, 0) is 28.2 Å². The van der Waals surface area contributed by atoms with Gasteiger partial charge in [-0.3, -0.25) is 44.0 Å². The van der Waals surface area contributed by atoms with E-state index in [0.29, 0.717) is 82.4 Å². The molecule has 17 heteroatoms. The van der Waals surface area contributed by atoms with E-state index in [1.807, 2.05) is 31.2 Å². The number of aromatic nitrogens is 5. The van der Waals surface area contributed by atoms with E-state index in [-0.39, 0.29) is 36.4 Å². The average Bonchev–Trinajstić information content (AvgIpc) is 4.09. The van der Waals surface area contributed by atoms with Gasteiger partial charge in [-0.25, -0.2) is 19.3 Å². The third kappa shape index (κ3) is 6.93. The summed E-state index contributed by atoms with van der Waals surface area (Å²) in [5.74, 6) is 0.133. The number of fused-ring (bicyclic) bond motifs is 4. The van der Waals surface area contributed by atoms with Gasteiger partial charge in [0.2, 0.25) is 17.8 Å². The molecule has 2 bridgehead atoms. The van der Waals surface area contributed by atoms with Gasteiger partial charge in [-0.15, -0.1) is 6.58 Å². The number of aryl methyl sites for hydroxylation is 1. The van der Waals surface area contributed by atoms with E-state index in [4.69, 9.17) is 9.97 Å². The Hall–Kier alpha value is -5.62. The quantitative estimate of drug-likeness (QED) is 0.147. The molecule has 4 aromatic rings. The van der Waals surface area contributed by atoms with Gasteiger partial charge in [0.05, 0.1) is 23.4 Å². The normalized spacial score (nSPS) is 29.6. The van der Waals surface area contributed by atoms with E-state index >= 15 is 0 Å². The lowest BCUT2D eigenvalue weighted by Gasteiger charge is -2.49. The second kappa shape index (κ2) is 16.0. The molecule has 17 nitrogen and oxygen atoms in total. The smallest absolute Gasteiger partial charge is 0.278 e. The Kier molecular flexibility index (Phi) is 10.2. The van der Waals surface area contributed by atoms with Crippen molar-refractivity contribution in [1.29, 1.82) is 0 Å². The van der Waals surface area contributed by atoms with Gasteiger partial charge in [-0.2, -0.15) is 4.98 Å². The molecular formula is C50H59N11O6. The Labute approximate surface area is 388 Å². The molecule has 3 aromatic heterocycles. The van der Waals surface area contributed by atoms with Gasteiger partial charge in [0, 0.05) is 55.3 Å². The number of hydrogen-bond acceptors (Lipinski definition) is 13. The second-order valence-electron chi connectivity index (χ2n) is 20.8. The summed E-state index contributed by atoms with van der Waals surface area (Å²) < 4.78 is 3.36. The number of rotatable bonds is 11. The highest BCUT2D eigenvalue weighted by Gasteiger charge is 2.58. The molecule has 13 rings (SSSR count). The molecule has 4 amide bonds. The zero-order chi connectivity index (χ0) is 45.9. The molecule has 4 saturated heterocycles. The Morgan fingerprint density at radius 2 is 1.60 bits per heavy atom. The van der Waals surface area contributed by atoms with E-state index < -0.39 is 29.4 Å². The molecular weight excluding hydrogens is 851 g/mol. The number of nitrogens with zero attached hydrogens (tertiary/aromatic N) is 9. The van der Waals surface area contributed by atoms with Crippen LogP contribution in [0.3, 0.4) is 0 Å². The maximum atomic E-state index is 13.7. The first-order valence-electron chi connectivity index (χ1n) is 24.6. The lowest BCUT2D eigenvalue weighted by atomic mass is 9.76. The Morgan fingerprint density at radius 1 is 0.866 bits per heavy atom. The van der Waals surface area contributed by atoms with Crippen molar-refractivity contribution in [3.05, 3.63) is 87.5 Å². The van der Waals surface area contributed by atoms with E-state index in [9.17, 15) is 29.1 Å². The lowest BCUT2D eigenvalue weighted by Crippen LogP contribution is -2.56. The van der Waals surface area contributed by atoms with Crippen molar-refractivity contribution in [2.24, 2.45) is 5.92 Å². The lowest BCUT2D eigenvalue weighted by molar-refractivity contribution is -0.136. The summed E-state index contributed by atoms with van der Waals surface area (Å²) in [6.07, 6.45) is 13.5. The topological polar surface area (TPSA) is 191 Å². The Morgan fingerprint density at radius 3 is 2.33 bits per heavy atom. The van der Waals surface area contributed by atoms with Crippen molar-refractivity contribution >= 4 is 40.6 Å². The zero-order valence-corrected chi connectivity index (χ0v) is 38.2. The maximum absolute atomic E-state index is 13.7. The standard InChI is InChI=1S/C50H59N11O6/c1-3-17-59-45(64)37-26-51-48(54-43(37)61(59)40-9-6-29-11-16-50(67,4-2)42(29)52-40)55-49-23-31(24-49)39(25-49)57-20-14-33(15-21-57)56-18-12-34(13-19-56)58-27-32(28-58)30-5-7-35-36(22-30)47(66)60(46(35)65)38-8-10-41(62)53-44(38)63/h3,5-7,9,22,26,31-34,38-39,67H,1,4,8,10-21,23-25,27-28H2,2H3,(H,51,54,55)(H,53,62,63)/t31?,38?,39?,49?,50-/m1/s1. The van der Waals surface area contributed by atoms with Crippen molar-refractivity contribution < 1.29 is 24.3 Å². The monoisotopic (exact) mass is 909 g/mol. The van der Waals surface area contributed by atoms with Crippen molar-refractivity contribution in [3.63, 3.8) is 0 Å². The van der Waals surface area contributed by atoms with Crippen LogP contribution in [0.15, 0.2) is 54.0 Å². The van der Waals surface area contributed by atoms with Crippen molar-refractivity contribution in [3.8, 4) is 5.82 Å². The number of benzene rings is 1. The molecule has 4 aliphatic carbocycles. The molecule has 5 aliphatic heterocycles. The first kappa shape index (κ1) is 42.7. The van der Waals surface area contributed by atoms with Gasteiger partial charge in [0.25, 0.3) is 17.4 Å². The number of likely N-dealkylation sites (tertiary alicyclic amines) is 3.